The first kappa shape index (κ1) is 14.3. The van der Waals surface area contributed by atoms with Crippen LogP contribution in [0.25, 0.3) is 0 Å². The summed E-state index contributed by atoms with van der Waals surface area (Å²) in [5, 5.41) is 13.8. The highest BCUT2D eigenvalue weighted by Gasteiger charge is 2.22. The van der Waals surface area contributed by atoms with E-state index < -0.39 is 12.0 Å². The van der Waals surface area contributed by atoms with Gasteiger partial charge in [0.15, 0.2) is 0 Å². The maximum absolute atomic E-state index is 13.2. The van der Waals surface area contributed by atoms with Crippen LogP contribution >= 0.6 is 0 Å². The Kier molecular flexibility index (Phi) is 4.55. The van der Waals surface area contributed by atoms with Crippen LogP contribution in [-0.2, 0) is 11.2 Å². The molecule has 6 heteroatoms. The molecule has 1 aliphatic carbocycles. The number of fused-ring (bicyclic) bond motifs is 1. The smallest absolute Gasteiger partial charge is 0.315 e. The summed E-state index contributed by atoms with van der Waals surface area (Å²) in [5.74, 6) is -1.22. The SMILES string of the molecule is O=C(O)CCNC(=O)NC1CCCc2cc(F)ccc21. The number of urea groups is 1. The first-order chi connectivity index (χ1) is 9.56. The molecule has 1 aliphatic rings. The van der Waals surface area contributed by atoms with Crippen molar-refractivity contribution in [3.8, 4) is 0 Å². The molecule has 0 bridgehead atoms. The lowest BCUT2D eigenvalue weighted by atomic mass is 9.88. The molecule has 0 aliphatic heterocycles. The predicted molar refractivity (Wildman–Crippen MR) is 70.9 cm³/mol. The summed E-state index contributed by atoms with van der Waals surface area (Å²) < 4.78 is 13.2. The maximum atomic E-state index is 13.2. The molecule has 0 saturated heterocycles. The summed E-state index contributed by atoms with van der Waals surface area (Å²) in [6, 6.07) is 4.05. The van der Waals surface area contributed by atoms with Gasteiger partial charge in [-0.1, -0.05) is 6.07 Å². The van der Waals surface area contributed by atoms with Gasteiger partial charge < -0.3 is 15.7 Å². The van der Waals surface area contributed by atoms with Crippen LogP contribution in [0.5, 0.6) is 0 Å². The van der Waals surface area contributed by atoms with E-state index in [0.29, 0.717) is 0 Å². The van der Waals surface area contributed by atoms with E-state index in [4.69, 9.17) is 5.11 Å². The second kappa shape index (κ2) is 6.36. The van der Waals surface area contributed by atoms with Crippen molar-refractivity contribution < 1.29 is 19.1 Å². The Morgan fingerprint density at radius 1 is 1.40 bits per heavy atom. The highest BCUT2D eigenvalue weighted by molar-refractivity contribution is 5.75. The molecule has 1 atom stereocenters. The predicted octanol–water partition coefficient (Wildman–Crippen LogP) is 1.98. The van der Waals surface area contributed by atoms with Crippen LogP contribution in [0.15, 0.2) is 18.2 Å². The van der Waals surface area contributed by atoms with Crippen LogP contribution in [0.2, 0.25) is 0 Å². The standard InChI is InChI=1S/C14H17FN2O3/c15-10-4-5-11-9(8-10)2-1-3-12(11)17-14(20)16-7-6-13(18)19/h4-5,8,12H,1-3,6-7H2,(H,18,19)(H2,16,17,20). The topological polar surface area (TPSA) is 78.4 Å². The van der Waals surface area contributed by atoms with Crippen molar-refractivity contribution in [2.75, 3.05) is 6.54 Å². The molecular formula is C14H17FN2O3. The fraction of sp³-hybridized carbons (Fsp3) is 0.429. The van der Waals surface area contributed by atoms with Gasteiger partial charge in [-0.25, -0.2) is 9.18 Å². The van der Waals surface area contributed by atoms with Crippen LogP contribution < -0.4 is 10.6 Å². The monoisotopic (exact) mass is 280 g/mol. The Morgan fingerprint density at radius 3 is 2.95 bits per heavy atom. The number of amides is 2. The Morgan fingerprint density at radius 2 is 2.20 bits per heavy atom. The number of carbonyl (C=O) groups excluding carboxylic acids is 1. The molecule has 0 fully saturated rings. The number of hydrogen-bond donors (Lipinski definition) is 3. The lowest BCUT2D eigenvalue weighted by molar-refractivity contribution is -0.136. The molecule has 1 aromatic rings. The van der Waals surface area contributed by atoms with Gasteiger partial charge in [0.1, 0.15) is 5.82 Å². The molecule has 1 unspecified atom stereocenters. The van der Waals surface area contributed by atoms with E-state index in [1.54, 1.807) is 6.07 Å². The van der Waals surface area contributed by atoms with E-state index in [1.165, 1.54) is 12.1 Å². The number of halogens is 1. The summed E-state index contributed by atoms with van der Waals surface area (Å²) in [5.41, 5.74) is 1.86. The van der Waals surface area contributed by atoms with Crippen molar-refractivity contribution in [1.82, 2.24) is 10.6 Å². The third kappa shape index (κ3) is 3.69. The third-order valence-electron chi connectivity index (χ3n) is 3.35. The molecule has 3 N–H and O–H groups in total. The normalized spacial score (nSPS) is 17.1. The molecule has 2 rings (SSSR count). The van der Waals surface area contributed by atoms with E-state index in [9.17, 15) is 14.0 Å². The minimum atomic E-state index is -0.955. The van der Waals surface area contributed by atoms with Crippen molar-refractivity contribution in [3.05, 3.63) is 35.1 Å². The number of rotatable bonds is 4. The molecule has 5 nitrogen and oxygen atoms in total. The van der Waals surface area contributed by atoms with Gasteiger partial charge in [0.25, 0.3) is 0 Å². The van der Waals surface area contributed by atoms with Gasteiger partial charge >= 0.3 is 12.0 Å². The fourth-order valence-electron chi connectivity index (χ4n) is 2.43. The van der Waals surface area contributed by atoms with Crippen molar-refractivity contribution in [2.45, 2.75) is 31.7 Å². The number of aliphatic carboxylic acids is 1. The lowest BCUT2D eigenvalue weighted by Crippen LogP contribution is -2.39. The largest absolute Gasteiger partial charge is 0.481 e. The van der Waals surface area contributed by atoms with Crippen LogP contribution in [0.4, 0.5) is 9.18 Å². The molecule has 20 heavy (non-hydrogen) atoms. The summed E-state index contributed by atoms with van der Waals surface area (Å²) >= 11 is 0. The number of nitrogens with one attached hydrogen (secondary N) is 2. The summed E-state index contributed by atoms with van der Waals surface area (Å²) in [6.07, 6.45) is 2.38. The first-order valence-corrected chi connectivity index (χ1v) is 6.61. The van der Waals surface area contributed by atoms with Crippen molar-refractivity contribution >= 4 is 12.0 Å². The number of carboxylic acids is 1. The number of aryl methyl sites for hydroxylation is 1. The number of hydrogen-bond acceptors (Lipinski definition) is 2. The zero-order valence-corrected chi connectivity index (χ0v) is 11.0. The minimum absolute atomic E-state index is 0.0875. The highest BCUT2D eigenvalue weighted by atomic mass is 19.1. The van der Waals surface area contributed by atoms with Crippen LogP contribution in [0.3, 0.4) is 0 Å². The molecule has 1 aromatic carbocycles. The van der Waals surface area contributed by atoms with Crippen molar-refractivity contribution in [3.63, 3.8) is 0 Å². The van der Waals surface area contributed by atoms with Crippen molar-refractivity contribution in [1.29, 1.82) is 0 Å². The number of carbonyl (C=O) groups is 2. The molecular weight excluding hydrogens is 263 g/mol. The molecule has 0 aromatic heterocycles. The second-order valence-corrected chi connectivity index (χ2v) is 4.83. The van der Waals surface area contributed by atoms with Gasteiger partial charge in [0.2, 0.25) is 0 Å². The molecule has 0 radical (unpaired) electrons. The van der Waals surface area contributed by atoms with Gasteiger partial charge in [0.05, 0.1) is 12.5 Å². The summed E-state index contributed by atoms with van der Waals surface area (Å²) in [7, 11) is 0. The zero-order valence-electron chi connectivity index (χ0n) is 11.0. The lowest BCUT2D eigenvalue weighted by Gasteiger charge is -2.26. The van der Waals surface area contributed by atoms with E-state index in [0.717, 1.165) is 30.4 Å². The second-order valence-electron chi connectivity index (χ2n) is 4.83. The Balaban J connectivity index is 1.94. The van der Waals surface area contributed by atoms with Crippen LogP contribution in [0.1, 0.15) is 36.4 Å². The molecule has 0 saturated carbocycles. The Bertz CT molecular complexity index is 519. The van der Waals surface area contributed by atoms with Crippen LogP contribution in [-0.4, -0.2) is 23.7 Å². The highest BCUT2D eigenvalue weighted by Crippen LogP contribution is 2.29. The molecule has 0 heterocycles. The average molecular weight is 280 g/mol. The molecule has 108 valence electrons. The Hall–Kier alpha value is -2.11. The third-order valence-corrected chi connectivity index (χ3v) is 3.35. The van der Waals surface area contributed by atoms with Gasteiger partial charge in [-0.05, 0) is 42.5 Å². The zero-order chi connectivity index (χ0) is 14.5. The first-order valence-electron chi connectivity index (χ1n) is 6.61. The number of carboxylic acid groups (broad SMARTS) is 1. The van der Waals surface area contributed by atoms with Crippen molar-refractivity contribution in [2.24, 2.45) is 0 Å². The van der Waals surface area contributed by atoms with Crippen LogP contribution in [0, 0.1) is 5.82 Å². The van der Waals surface area contributed by atoms with Gasteiger partial charge in [-0.2, -0.15) is 0 Å². The van der Waals surface area contributed by atoms with E-state index in [2.05, 4.69) is 10.6 Å². The maximum Gasteiger partial charge on any atom is 0.315 e. The summed E-state index contributed by atoms with van der Waals surface area (Å²) in [6.45, 7) is 0.0875. The Labute approximate surface area is 116 Å². The van der Waals surface area contributed by atoms with E-state index >= 15 is 0 Å². The van der Waals surface area contributed by atoms with E-state index in [1.807, 2.05) is 0 Å². The minimum Gasteiger partial charge on any atom is -0.481 e. The fourth-order valence-corrected chi connectivity index (χ4v) is 2.43. The quantitative estimate of drug-likeness (QED) is 0.789. The van der Waals surface area contributed by atoms with Gasteiger partial charge in [-0.3, -0.25) is 4.79 Å². The average Bonchev–Trinajstić information content (AvgIpc) is 2.38. The van der Waals surface area contributed by atoms with Gasteiger partial charge in [0, 0.05) is 6.54 Å². The molecule has 2 amide bonds. The summed E-state index contributed by atoms with van der Waals surface area (Å²) in [4.78, 5) is 22.0. The molecule has 0 spiro atoms. The van der Waals surface area contributed by atoms with E-state index in [-0.39, 0.29) is 24.8 Å². The van der Waals surface area contributed by atoms with Gasteiger partial charge in [-0.15, -0.1) is 0 Å². The number of benzene rings is 1.